The van der Waals surface area contributed by atoms with Gasteiger partial charge in [-0.2, -0.15) is 13.2 Å². The number of alkyl halides is 3. The number of hydrogen-bond donors (Lipinski definition) is 1. The summed E-state index contributed by atoms with van der Waals surface area (Å²) in [6, 6.07) is 17.9. The lowest BCUT2D eigenvalue weighted by atomic mass is 10.2. The van der Waals surface area contributed by atoms with Gasteiger partial charge in [-0.15, -0.1) is 11.8 Å². The van der Waals surface area contributed by atoms with E-state index in [0.29, 0.717) is 0 Å². The van der Waals surface area contributed by atoms with Gasteiger partial charge in [-0.05, 0) is 29.7 Å². The van der Waals surface area contributed by atoms with Crippen LogP contribution in [0.3, 0.4) is 0 Å². The molecule has 0 fully saturated rings. The van der Waals surface area contributed by atoms with E-state index < -0.39 is 12.1 Å². The molecule has 1 amide bonds. The second-order valence-electron chi connectivity index (χ2n) is 5.27. The summed E-state index contributed by atoms with van der Waals surface area (Å²) in [7, 11) is 0. The number of aryl methyl sites for hydroxylation is 1. The molecule has 132 valence electrons. The number of nitrogens with one attached hydrogen (secondary N) is 1. The van der Waals surface area contributed by atoms with Crippen LogP contribution in [0.5, 0.6) is 0 Å². The van der Waals surface area contributed by atoms with Crippen LogP contribution in [0.4, 0.5) is 13.2 Å². The average molecular weight is 365 g/mol. The Bertz CT molecular complexity index is 714. The Morgan fingerprint density at radius 2 is 1.84 bits per heavy atom. The van der Waals surface area contributed by atoms with Crippen LogP contribution in [0.25, 0.3) is 6.08 Å². The molecule has 0 saturated carbocycles. The predicted molar refractivity (Wildman–Crippen MR) is 95.4 cm³/mol. The standard InChI is InChI=1S/C19H18F3NOS/c20-19(21,22)18(24)23-12-5-9-16-8-4-10-17(14-16)25-13-11-15-6-2-1-3-7-15/h1-10,14H,11-13H2,(H,23,24). The highest BCUT2D eigenvalue weighted by molar-refractivity contribution is 7.99. The van der Waals surface area contributed by atoms with Gasteiger partial charge in [0, 0.05) is 17.2 Å². The minimum absolute atomic E-state index is 0.163. The van der Waals surface area contributed by atoms with Gasteiger partial charge in [0.1, 0.15) is 0 Å². The zero-order chi connectivity index (χ0) is 18.1. The molecule has 0 radical (unpaired) electrons. The van der Waals surface area contributed by atoms with E-state index in [4.69, 9.17) is 0 Å². The second-order valence-corrected chi connectivity index (χ2v) is 6.44. The quantitative estimate of drug-likeness (QED) is 0.720. The number of rotatable bonds is 7. The van der Waals surface area contributed by atoms with Gasteiger partial charge in [-0.25, -0.2) is 0 Å². The molecule has 0 aliphatic carbocycles. The Morgan fingerprint density at radius 1 is 1.08 bits per heavy atom. The van der Waals surface area contributed by atoms with E-state index in [-0.39, 0.29) is 6.54 Å². The highest BCUT2D eigenvalue weighted by Crippen LogP contribution is 2.21. The lowest BCUT2D eigenvalue weighted by molar-refractivity contribution is -0.173. The fourth-order valence-electron chi connectivity index (χ4n) is 2.09. The molecule has 0 aliphatic heterocycles. The van der Waals surface area contributed by atoms with E-state index in [1.165, 1.54) is 11.6 Å². The van der Waals surface area contributed by atoms with E-state index in [9.17, 15) is 18.0 Å². The van der Waals surface area contributed by atoms with Crippen LogP contribution >= 0.6 is 11.8 Å². The van der Waals surface area contributed by atoms with Crippen molar-refractivity contribution in [3.8, 4) is 0 Å². The molecule has 2 aromatic carbocycles. The Morgan fingerprint density at radius 3 is 2.56 bits per heavy atom. The molecule has 0 bridgehead atoms. The van der Waals surface area contributed by atoms with Crippen LogP contribution in [0.2, 0.25) is 0 Å². The van der Waals surface area contributed by atoms with Crippen molar-refractivity contribution in [1.29, 1.82) is 0 Å². The van der Waals surface area contributed by atoms with Crippen molar-refractivity contribution >= 4 is 23.7 Å². The molecule has 0 saturated heterocycles. The third kappa shape index (κ3) is 7.05. The van der Waals surface area contributed by atoms with Crippen molar-refractivity contribution in [3.05, 3.63) is 71.8 Å². The van der Waals surface area contributed by atoms with Crippen LogP contribution in [-0.4, -0.2) is 24.4 Å². The summed E-state index contributed by atoms with van der Waals surface area (Å²) >= 11 is 1.72. The number of carbonyl (C=O) groups excluding carboxylic acids is 1. The van der Waals surface area contributed by atoms with Crippen molar-refractivity contribution in [2.45, 2.75) is 17.5 Å². The van der Waals surface area contributed by atoms with Gasteiger partial charge in [0.2, 0.25) is 0 Å². The summed E-state index contributed by atoms with van der Waals surface area (Å²) in [5.74, 6) is -0.985. The molecule has 0 spiro atoms. The van der Waals surface area contributed by atoms with Crippen LogP contribution < -0.4 is 5.32 Å². The van der Waals surface area contributed by atoms with Gasteiger partial charge in [0.25, 0.3) is 0 Å². The largest absolute Gasteiger partial charge is 0.471 e. The van der Waals surface area contributed by atoms with Gasteiger partial charge in [0.15, 0.2) is 0 Å². The second kappa shape index (κ2) is 9.32. The summed E-state index contributed by atoms with van der Waals surface area (Å²) in [5, 5.41) is 1.80. The van der Waals surface area contributed by atoms with Crippen molar-refractivity contribution in [1.82, 2.24) is 5.32 Å². The lowest BCUT2D eigenvalue weighted by Crippen LogP contribution is -2.36. The highest BCUT2D eigenvalue weighted by Gasteiger charge is 2.37. The van der Waals surface area contributed by atoms with Gasteiger partial charge in [-0.1, -0.05) is 54.6 Å². The van der Waals surface area contributed by atoms with E-state index in [2.05, 4.69) is 12.1 Å². The summed E-state index contributed by atoms with van der Waals surface area (Å²) in [5.41, 5.74) is 2.16. The zero-order valence-corrected chi connectivity index (χ0v) is 14.2. The molecular formula is C19H18F3NOS. The molecule has 25 heavy (non-hydrogen) atoms. The summed E-state index contributed by atoms with van der Waals surface area (Å²) in [6.45, 7) is -0.163. The first-order chi connectivity index (χ1) is 11.9. The fourth-order valence-corrected chi connectivity index (χ4v) is 3.05. The van der Waals surface area contributed by atoms with Crippen molar-refractivity contribution in [2.75, 3.05) is 12.3 Å². The molecule has 0 unspecified atom stereocenters. The topological polar surface area (TPSA) is 29.1 Å². The minimum Gasteiger partial charge on any atom is -0.345 e. The number of halogens is 3. The molecule has 0 aliphatic rings. The van der Waals surface area contributed by atoms with Crippen LogP contribution in [-0.2, 0) is 11.2 Å². The fraction of sp³-hybridized carbons (Fsp3) is 0.211. The number of hydrogen-bond acceptors (Lipinski definition) is 2. The number of amides is 1. The van der Waals surface area contributed by atoms with Crippen LogP contribution in [0, 0.1) is 0 Å². The maximum atomic E-state index is 12.1. The molecular weight excluding hydrogens is 347 g/mol. The zero-order valence-electron chi connectivity index (χ0n) is 13.4. The Labute approximate surface area is 149 Å². The molecule has 2 rings (SSSR count). The number of thioether (sulfide) groups is 1. The van der Waals surface area contributed by atoms with E-state index in [1.54, 1.807) is 23.2 Å². The normalized spacial score (nSPS) is 11.6. The Balaban J connectivity index is 1.80. The third-order valence-electron chi connectivity index (χ3n) is 3.31. The van der Waals surface area contributed by atoms with E-state index in [1.807, 2.05) is 42.5 Å². The van der Waals surface area contributed by atoms with Gasteiger partial charge in [-0.3, -0.25) is 4.79 Å². The predicted octanol–water partition coefficient (Wildman–Crippen LogP) is 4.71. The molecule has 6 heteroatoms. The van der Waals surface area contributed by atoms with Gasteiger partial charge < -0.3 is 5.32 Å². The van der Waals surface area contributed by atoms with Gasteiger partial charge in [0.05, 0.1) is 0 Å². The van der Waals surface area contributed by atoms with Crippen LogP contribution in [0.15, 0.2) is 65.6 Å². The molecule has 2 aromatic rings. The Hall–Kier alpha value is -2.21. The third-order valence-corrected chi connectivity index (χ3v) is 4.30. The molecule has 0 heterocycles. The molecule has 2 nitrogen and oxygen atoms in total. The first-order valence-electron chi connectivity index (χ1n) is 7.73. The van der Waals surface area contributed by atoms with Crippen molar-refractivity contribution in [3.63, 3.8) is 0 Å². The summed E-state index contributed by atoms with van der Waals surface area (Å²) in [6.07, 6.45) is -0.687. The Kier molecular flexibility index (Phi) is 7.13. The maximum absolute atomic E-state index is 12.1. The molecule has 1 N–H and O–H groups in total. The molecule has 0 atom stereocenters. The maximum Gasteiger partial charge on any atom is 0.471 e. The highest BCUT2D eigenvalue weighted by atomic mass is 32.2. The lowest BCUT2D eigenvalue weighted by Gasteiger charge is -2.05. The average Bonchev–Trinajstić information content (AvgIpc) is 2.59. The smallest absolute Gasteiger partial charge is 0.345 e. The van der Waals surface area contributed by atoms with Crippen LogP contribution in [0.1, 0.15) is 11.1 Å². The first kappa shape index (κ1) is 19.1. The van der Waals surface area contributed by atoms with Gasteiger partial charge >= 0.3 is 12.1 Å². The number of carbonyl (C=O) groups is 1. The number of benzene rings is 2. The van der Waals surface area contributed by atoms with E-state index >= 15 is 0 Å². The monoisotopic (exact) mass is 365 g/mol. The SMILES string of the molecule is O=C(NCC=Cc1cccc(SCCc2ccccc2)c1)C(F)(F)F. The summed E-state index contributed by atoms with van der Waals surface area (Å²) < 4.78 is 36.2. The van der Waals surface area contributed by atoms with Crippen molar-refractivity contribution in [2.24, 2.45) is 0 Å². The first-order valence-corrected chi connectivity index (χ1v) is 8.72. The summed E-state index contributed by atoms with van der Waals surface area (Å²) in [4.78, 5) is 11.8. The molecule has 0 aromatic heterocycles. The minimum atomic E-state index is -4.84. The van der Waals surface area contributed by atoms with E-state index in [0.717, 1.165) is 22.6 Å². The van der Waals surface area contributed by atoms with Crippen molar-refractivity contribution < 1.29 is 18.0 Å².